The zero-order chi connectivity index (χ0) is 22.0. The van der Waals surface area contributed by atoms with Crippen molar-refractivity contribution in [3.8, 4) is 0 Å². The number of aryl methyl sites for hydroxylation is 1. The molecular weight excluding hydrogens is 422 g/mol. The minimum absolute atomic E-state index is 0.320. The predicted octanol–water partition coefficient (Wildman–Crippen LogP) is 7.38. The van der Waals surface area contributed by atoms with Crippen LogP contribution in [0.2, 0.25) is 0 Å². The van der Waals surface area contributed by atoms with Gasteiger partial charge in [0.2, 0.25) is 0 Å². The van der Waals surface area contributed by atoms with Crippen LogP contribution >= 0.6 is 22.7 Å². The molecule has 0 bridgehead atoms. The van der Waals surface area contributed by atoms with Crippen LogP contribution in [-0.4, -0.2) is 16.1 Å². The summed E-state index contributed by atoms with van der Waals surface area (Å²) in [6.45, 7) is 6.63. The lowest BCUT2D eigenvalue weighted by atomic mass is 9.83. The highest BCUT2D eigenvalue weighted by Crippen LogP contribution is 2.40. The third kappa shape index (κ3) is 4.53. The molecule has 2 aromatic carbocycles. The first-order valence-electron chi connectivity index (χ1n) is 10.1. The number of benzene rings is 2. The molecule has 0 fully saturated rings. The van der Waals surface area contributed by atoms with Gasteiger partial charge in [0.15, 0.2) is 0 Å². The highest BCUT2D eigenvalue weighted by atomic mass is 32.1. The summed E-state index contributed by atoms with van der Waals surface area (Å²) in [5, 5.41) is 13.3. The van der Waals surface area contributed by atoms with Crippen LogP contribution < -0.4 is 0 Å². The second-order valence-corrected chi connectivity index (χ2v) is 9.37. The number of allylic oxidation sites excluding steroid dienone is 1. The molecule has 0 unspecified atom stereocenters. The van der Waals surface area contributed by atoms with E-state index in [1.807, 2.05) is 17.6 Å². The summed E-state index contributed by atoms with van der Waals surface area (Å²) in [5.41, 5.74) is 11.1. The minimum Gasteiger partial charge on any atom is -0.478 e. The van der Waals surface area contributed by atoms with Crippen LogP contribution in [0, 0.1) is 12.8 Å². The van der Waals surface area contributed by atoms with Crippen molar-refractivity contribution in [2.24, 2.45) is 5.92 Å². The number of carbonyl (C=O) groups is 1. The number of hydrogen-bond donors (Lipinski definition) is 1. The Bertz CT molecular complexity index is 1290. The highest BCUT2D eigenvalue weighted by Gasteiger charge is 2.19. The van der Waals surface area contributed by atoms with Crippen LogP contribution in [0.25, 0.3) is 27.4 Å². The molecule has 0 saturated heterocycles. The summed E-state index contributed by atoms with van der Waals surface area (Å²) in [6.07, 6.45) is 2.78. The zero-order valence-electron chi connectivity index (χ0n) is 17.6. The summed E-state index contributed by atoms with van der Waals surface area (Å²) in [7, 11) is 0. The molecule has 5 heteroatoms. The number of thiophene rings is 1. The molecule has 156 valence electrons. The summed E-state index contributed by atoms with van der Waals surface area (Å²) in [6, 6.07) is 14.6. The van der Waals surface area contributed by atoms with Crippen molar-refractivity contribution in [1.29, 1.82) is 0 Å². The molecule has 3 nitrogen and oxygen atoms in total. The Morgan fingerprint density at radius 2 is 1.81 bits per heavy atom. The van der Waals surface area contributed by atoms with E-state index in [0.717, 1.165) is 28.3 Å². The standard InChI is InChI=1S/C26H23NO2S2/c1-16(2)25(21-14-30-13-17(21)3)26(20-9-10-23-22(12-20)27-15-31-23)19-7-4-18(5-8-19)6-11-24(28)29/h4-16H,1-3H3,(H,28,29)/b11-6+,26-25+. The Kier molecular flexibility index (Phi) is 6.16. The van der Waals surface area contributed by atoms with Gasteiger partial charge in [0.05, 0.1) is 15.7 Å². The van der Waals surface area contributed by atoms with E-state index < -0.39 is 5.97 Å². The third-order valence-electron chi connectivity index (χ3n) is 5.23. The van der Waals surface area contributed by atoms with Gasteiger partial charge in [0.25, 0.3) is 0 Å². The van der Waals surface area contributed by atoms with Crippen molar-refractivity contribution in [2.75, 3.05) is 0 Å². The SMILES string of the molecule is Cc1cscc1/C(=C(\c1ccc(/C=C/C(=O)O)cc1)c1ccc2scnc2c1)C(C)C. The quantitative estimate of drug-likeness (QED) is 0.315. The minimum atomic E-state index is -0.948. The second kappa shape index (κ2) is 9.00. The fourth-order valence-electron chi connectivity index (χ4n) is 3.79. The van der Waals surface area contributed by atoms with E-state index in [-0.39, 0.29) is 0 Å². The van der Waals surface area contributed by atoms with Gasteiger partial charge >= 0.3 is 5.97 Å². The Hall–Kier alpha value is -3.02. The smallest absolute Gasteiger partial charge is 0.328 e. The molecule has 0 radical (unpaired) electrons. The van der Waals surface area contributed by atoms with Gasteiger partial charge in [-0.25, -0.2) is 9.78 Å². The molecule has 0 aliphatic heterocycles. The molecule has 0 aliphatic rings. The first kappa shape index (κ1) is 21.2. The Morgan fingerprint density at radius 3 is 2.45 bits per heavy atom. The topological polar surface area (TPSA) is 50.2 Å². The number of carboxylic acids is 1. The van der Waals surface area contributed by atoms with E-state index in [0.29, 0.717) is 5.92 Å². The molecule has 0 amide bonds. The van der Waals surface area contributed by atoms with Crippen molar-refractivity contribution in [2.45, 2.75) is 20.8 Å². The Morgan fingerprint density at radius 1 is 1.06 bits per heavy atom. The number of carboxylic acid groups (broad SMARTS) is 1. The molecule has 0 aliphatic carbocycles. The summed E-state index contributed by atoms with van der Waals surface area (Å²) < 4.78 is 1.18. The van der Waals surface area contributed by atoms with Crippen LogP contribution in [-0.2, 0) is 4.79 Å². The molecular formula is C26H23NO2S2. The number of hydrogen-bond acceptors (Lipinski definition) is 4. The largest absolute Gasteiger partial charge is 0.478 e. The van der Waals surface area contributed by atoms with Crippen molar-refractivity contribution in [1.82, 2.24) is 4.98 Å². The number of aromatic nitrogens is 1. The van der Waals surface area contributed by atoms with E-state index in [4.69, 9.17) is 5.11 Å². The van der Waals surface area contributed by atoms with Gasteiger partial charge in [-0.15, -0.1) is 11.3 Å². The summed E-state index contributed by atoms with van der Waals surface area (Å²) in [4.78, 5) is 15.4. The first-order chi connectivity index (χ1) is 14.9. The van der Waals surface area contributed by atoms with Crippen molar-refractivity contribution in [3.63, 3.8) is 0 Å². The van der Waals surface area contributed by atoms with E-state index in [1.54, 1.807) is 28.7 Å². The lowest BCUT2D eigenvalue weighted by Gasteiger charge is -2.20. The van der Waals surface area contributed by atoms with Gasteiger partial charge in [-0.3, -0.25) is 0 Å². The van der Waals surface area contributed by atoms with E-state index in [1.165, 1.54) is 27.0 Å². The van der Waals surface area contributed by atoms with Gasteiger partial charge in [-0.1, -0.05) is 44.2 Å². The maximum atomic E-state index is 10.8. The Labute approximate surface area is 190 Å². The second-order valence-electron chi connectivity index (χ2n) is 7.74. The van der Waals surface area contributed by atoms with Crippen molar-refractivity contribution in [3.05, 3.63) is 92.6 Å². The normalized spacial score (nSPS) is 12.6. The van der Waals surface area contributed by atoms with Gasteiger partial charge < -0.3 is 5.11 Å². The van der Waals surface area contributed by atoms with Gasteiger partial charge in [0, 0.05) is 6.08 Å². The average molecular weight is 446 g/mol. The fourth-order valence-corrected chi connectivity index (χ4v) is 5.30. The maximum Gasteiger partial charge on any atom is 0.328 e. The number of rotatable bonds is 6. The monoisotopic (exact) mass is 445 g/mol. The van der Waals surface area contributed by atoms with Crippen LogP contribution in [0.3, 0.4) is 0 Å². The number of aliphatic carboxylic acids is 1. The van der Waals surface area contributed by atoms with Gasteiger partial charge in [-0.05, 0) is 80.8 Å². The molecule has 2 heterocycles. The zero-order valence-corrected chi connectivity index (χ0v) is 19.3. The van der Waals surface area contributed by atoms with E-state index >= 15 is 0 Å². The molecule has 4 aromatic rings. The van der Waals surface area contributed by atoms with Crippen LogP contribution in [0.1, 0.15) is 41.7 Å². The van der Waals surface area contributed by atoms with Crippen LogP contribution in [0.4, 0.5) is 0 Å². The maximum absolute atomic E-state index is 10.8. The van der Waals surface area contributed by atoms with Crippen molar-refractivity contribution >= 4 is 56.1 Å². The Balaban J connectivity index is 1.94. The first-order valence-corrected chi connectivity index (χ1v) is 11.9. The number of fused-ring (bicyclic) bond motifs is 1. The van der Waals surface area contributed by atoms with E-state index in [2.05, 4.69) is 66.8 Å². The van der Waals surface area contributed by atoms with Gasteiger partial charge in [-0.2, -0.15) is 11.3 Å². The highest BCUT2D eigenvalue weighted by molar-refractivity contribution is 7.16. The molecule has 0 saturated carbocycles. The van der Waals surface area contributed by atoms with E-state index in [9.17, 15) is 4.79 Å². The number of thiazole rings is 1. The number of nitrogens with zero attached hydrogens (tertiary/aromatic N) is 1. The van der Waals surface area contributed by atoms with Crippen LogP contribution in [0.15, 0.2) is 64.8 Å². The molecule has 31 heavy (non-hydrogen) atoms. The lowest BCUT2D eigenvalue weighted by Crippen LogP contribution is -2.01. The lowest BCUT2D eigenvalue weighted by molar-refractivity contribution is -0.131. The molecule has 2 aromatic heterocycles. The summed E-state index contributed by atoms with van der Waals surface area (Å²) >= 11 is 3.37. The summed E-state index contributed by atoms with van der Waals surface area (Å²) in [5.74, 6) is -0.628. The average Bonchev–Trinajstić information content (AvgIpc) is 3.38. The molecule has 4 rings (SSSR count). The van der Waals surface area contributed by atoms with Crippen LogP contribution in [0.5, 0.6) is 0 Å². The third-order valence-corrected chi connectivity index (χ3v) is 6.90. The van der Waals surface area contributed by atoms with Gasteiger partial charge in [0.1, 0.15) is 0 Å². The van der Waals surface area contributed by atoms with Crippen molar-refractivity contribution < 1.29 is 9.90 Å². The molecule has 0 spiro atoms. The molecule has 0 atom stereocenters. The molecule has 1 N–H and O–H groups in total. The fraction of sp³-hybridized carbons (Fsp3) is 0.154. The predicted molar refractivity (Wildman–Crippen MR) is 133 cm³/mol.